The molecule has 5 heteroatoms. The Bertz CT molecular complexity index is 1050. The van der Waals surface area contributed by atoms with Gasteiger partial charge in [-0.3, -0.25) is 9.78 Å². The number of benzene rings is 2. The van der Waals surface area contributed by atoms with Gasteiger partial charge in [-0.2, -0.15) is 5.10 Å². The molecule has 0 spiro atoms. The number of carbonyl (C=O) groups excluding carboxylic acids is 1. The number of para-hydroxylation sites is 1. The maximum atomic E-state index is 12.7. The van der Waals surface area contributed by atoms with Crippen molar-refractivity contribution in [3.8, 4) is 16.9 Å². The van der Waals surface area contributed by atoms with Crippen molar-refractivity contribution in [2.75, 3.05) is 5.32 Å². The third-order valence-corrected chi connectivity index (χ3v) is 4.19. The summed E-state index contributed by atoms with van der Waals surface area (Å²) in [5.41, 5.74) is 4.02. The lowest BCUT2D eigenvalue weighted by Gasteiger charge is -2.08. The summed E-state index contributed by atoms with van der Waals surface area (Å²) in [6.45, 7) is 1.89. The molecule has 0 saturated carbocycles. The fourth-order valence-electron chi connectivity index (χ4n) is 2.78. The molecule has 27 heavy (non-hydrogen) atoms. The van der Waals surface area contributed by atoms with Crippen LogP contribution >= 0.6 is 0 Å². The number of nitrogens with zero attached hydrogens (tertiary/aromatic N) is 3. The van der Waals surface area contributed by atoms with E-state index in [1.807, 2.05) is 79.7 Å². The van der Waals surface area contributed by atoms with Crippen LogP contribution in [0, 0.1) is 6.92 Å². The summed E-state index contributed by atoms with van der Waals surface area (Å²) < 4.78 is 1.74. The van der Waals surface area contributed by atoms with Crippen LogP contribution in [0.2, 0.25) is 0 Å². The van der Waals surface area contributed by atoms with Crippen LogP contribution in [0.25, 0.3) is 16.9 Å². The van der Waals surface area contributed by atoms with Gasteiger partial charge in [0.05, 0.1) is 16.9 Å². The lowest BCUT2D eigenvalue weighted by Crippen LogP contribution is -2.15. The van der Waals surface area contributed by atoms with Crippen LogP contribution in [0.15, 0.2) is 85.1 Å². The molecule has 0 aliphatic heterocycles. The zero-order chi connectivity index (χ0) is 18.6. The zero-order valence-electron chi connectivity index (χ0n) is 14.8. The van der Waals surface area contributed by atoms with Crippen molar-refractivity contribution in [3.05, 3.63) is 96.3 Å². The highest BCUT2D eigenvalue weighted by Crippen LogP contribution is 2.25. The summed E-state index contributed by atoms with van der Waals surface area (Å²) in [6, 6.07) is 25.1. The number of carbonyl (C=O) groups is 1. The second-order valence-corrected chi connectivity index (χ2v) is 6.17. The molecule has 0 fully saturated rings. The van der Waals surface area contributed by atoms with E-state index in [1.54, 1.807) is 16.9 Å². The van der Waals surface area contributed by atoms with Crippen LogP contribution in [0.5, 0.6) is 0 Å². The number of rotatable bonds is 4. The van der Waals surface area contributed by atoms with Gasteiger partial charge in [-0.25, -0.2) is 4.68 Å². The summed E-state index contributed by atoms with van der Waals surface area (Å²) in [4.78, 5) is 16.9. The monoisotopic (exact) mass is 354 g/mol. The zero-order valence-corrected chi connectivity index (χ0v) is 14.8. The highest BCUT2D eigenvalue weighted by molar-refractivity contribution is 6.04. The van der Waals surface area contributed by atoms with Crippen molar-refractivity contribution < 1.29 is 4.79 Å². The van der Waals surface area contributed by atoms with E-state index in [-0.39, 0.29) is 5.91 Å². The van der Waals surface area contributed by atoms with E-state index in [0.29, 0.717) is 11.4 Å². The minimum Gasteiger partial charge on any atom is -0.306 e. The Morgan fingerprint density at radius 3 is 2.30 bits per heavy atom. The van der Waals surface area contributed by atoms with Crippen LogP contribution in [0.3, 0.4) is 0 Å². The highest BCUT2D eigenvalue weighted by atomic mass is 16.1. The van der Waals surface area contributed by atoms with Gasteiger partial charge in [0.2, 0.25) is 0 Å². The minimum absolute atomic E-state index is 0.223. The van der Waals surface area contributed by atoms with Crippen LogP contribution in [-0.4, -0.2) is 20.7 Å². The molecule has 0 saturated heterocycles. The quantitative estimate of drug-likeness (QED) is 0.587. The number of aromatic nitrogens is 3. The Hall–Kier alpha value is -3.73. The lowest BCUT2D eigenvalue weighted by molar-refractivity contribution is 0.102. The first-order valence-electron chi connectivity index (χ1n) is 8.65. The van der Waals surface area contributed by atoms with Gasteiger partial charge in [-0.15, -0.1) is 0 Å². The van der Waals surface area contributed by atoms with E-state index in [9.17, 15) is 4.79 Å². The average molecular weight is 354 g/mol. The molecule has 4 rings (SSSR count). The Balaban J connectivity index is 1.73. The first-order chi connectivity index (χ1) is 13.2. The summed E-state index contributed by atoms with van der Waals surface area (Å²) in [7, 11) is 0. The van der Waals surface area contributed by atoms with Gasteiger partial charge in [-0.1, -0.05) is 48.5 Å². The molecule has 0 atom stereocenters. The van der Waals surface area contributed by atoms with E-state index in [4.69, 9.17) is 5.10 Å². The third-order valence-electron chi connectivity index (χ3n) is 4.19. The van der Waals surface area contributed by atoms with Crippen molar-refractivity contribution >= 4 is 11.7 Å². The number of pyridine rings is 1. The van der Waals surface area contributed by atoms with Gasteiger partial charge in [0.25, 0.3) is 5.91 Å². The largest absolute Gasteiger partial charge is 0.306 e. The lowest BCUT2D eigenvalue weighted by atomic mass is 10.1. The Morgan fingerprint density at radius 2 is 1.63 bits per heavy atom. The number of nitrogens with one attached hydrogen (secondary N) is 1. The summed E-state index contributed by atoms with van der Waals surface area (Å²) in [5.74, 6) is 0.379. The molecule has 132 valence electrons. The molecule has 1 amide bonds. The van der Waals surface area contributed by atoms with Crippen LogP contribution in [0.4, 0.5) is 5.82 Å². The molecule has 2 aromatic heterocycles. The van der Waals surface area contributed by atoms with E-state index >= 15 is 0 Å². The summed E-state index contributed by atoms with van der Waals surface area (Å²) in [5, 5.41) is 7.65. The fourth-order valence-corrected chi connectivity index (χ4v) is 2.78. The normalized spacial score (nSPS) is 10.6. The molecule has 0 aliphatic carbocycles. The molecular weight excluding hydrogens is 336 g/mol. The summed E-state index contributed by atoms with van der Waals surface area (Å²) >= 11 is 0. The third kappa shape index (κ3) is 3.62. The highest BCUT2D eigenvalue weighted by Gasteiger charge is 2.15. The van der Waals surface area contributed by atoms with Crippen LogP contribution in [0.1, 0.15) is 16.1 Å². The van der Waals surface area contributed by atoms with E-state index < -0.39 is 0 Å². The van der Waals surface area contributed by atoms with Gasteiger partial charge < -0.3 is 5.32 Å². The van der Waals surface area contributed by atoms with Crippen molar-refractivity contribution in [1.82, 2.24) is 14.8 Å². The molecule has 5 nitrogen and oxygen atoms in total. The van der Waals surface area contributed by atoms with Crippen LogP contribution in [-0.2, 0) is 0 Å². The molecule has 0 radical (unpaired) electrons. The van der Waals surface area contributed by atoms with Crippen molar-refractivity contribution in [1.29, 1.82) is 0 Å². The molecule has 4 aromatic rings. The SMILES string of the molecule is Cc1ccc(C(=O)Nc2cc(-c3ccccc3)nn2-c2ccccc2)cn1. The molecule has 0 unspecified atom stereocenters. The molecule has 2 aromatic carbocycles. The number of hydrogen-bond acceptors (Lipinski definition) is 3. The van der Waals surface area contributed by atoms with Gasteiger partial charge in [0.1, 0.15) is 5.82 Å². The molecule has 0 bridgehead atoms. The summed E-state index contributed by atoms with van der Waals surface area (Å²) in [6.07, 6.45) is 1.58. The predicted octanol–water partition coefficient (Wildman–Crippen LogP) is 4.50. The number of aryl methyl sites for hydroxylation is 1. The number of amides is 1. The van der Waals surface area contributed by atoms with Gasteiger partial charge in [0, 0.05) is 23.5 Å². The first kappa shape index (κ1) is 16.7. The van der Waals surface area contributed by atoms with Gasteiger partial charge >= 0.3 is 0 Å². The van der Waals surface area contributed by atoms with E-state index in [1.165, 1.54) is 0 Å². The van der Waals surface area contributed by atoms with Crippen LogP contribution < -0.4 is 5.32 Å². The van der Waals surface area contributed by atoms with Gasteiger partial charge in [-0.05, 0) is 31.2 Å². The van der Waals surface area contributed by atoms with E-state index in [0.717, 1.165) is 22.6 Å². The average Bonchev–Trinajstić information content (AvgIpc) is 3.13. The fraction of sp³-hybridized carbons (Fsp3) is 0.0455. The molecule has 1 N–H and O–H groups in total. The molecular formula is C22H18N4O. The van der Waals surface area contributed by atoms with E-state index in [2.05, 4.69) is 10.3 Å². The second-order valence-electron chi connectivity index (χ2n) is 6.17. The minimum atomic E-state index is -0.223. The maximum absolute atomic E-state index is 12.7. The van der Waals surface area contributed by atoms with Crippen molar-refractivity contribution in [2.45, 2.75) is 6.92 Å². The maximum Gasteiger partial charge on any atom is 0.258 e. The second kappa shape index (κ2) is 7.25. The topological polar surface area (TPSA) is 59.8 Å². The van der Waals surface area contributed by atoms with Crippen molar-refractivity contribution in [2.24, 2.45) is 0 Å². The number of hydrogen-bond donors (Lipinski definition) is 1. The standard InChI is InChI=1S/C22H18N4O/c1-16-12-13-18(15-23-16)22(27)24-21-14-20(17-8-4-2-5-9-17)25-26(21)19-10-6-3-7-11-19/h2-15H,1H3,(H,24,27). The molecule has 2 heterocycles. The Morgan fingerprint density at radius 1 is 0.926 bits per heavy atom. The Labute approximate surface area is 157 Å². The Kier molecular flexibility index (Phi) is 4.49. The van der Waals surface area contributed by atoms with Crippen molar-refractivity contribution in [3.63, 3.8) is 0 Å². The first-order valence-corrected chi connectivity index (χ1v) is 8.65. The predicted molar refractivity (Wildman–Crippen MR) is 106 cm³/mol. The smallest absolute Gasteiger partial charge is 0.258 e. The number of anilines is 1. The van der Waals surface area contributed by atoms with Gasteiger partial charge in [0.15, 0.2) is 0 Å². The molecule has 0 aliphatic rings.